The molecular formula is C27H34F2O. The van der Waals surface area contributed by atoms with E-state index in [4.69, 9.17) is 4.74 Å². The maximum atomic E-state index is 14.4. The molecule has 0 unspecified atom stereocenters. The van der Waals surface area contributed by atoms with Crippen molar-refractivity contribution in [1.82, 2.24) is 0 Å². The number of allylic oxidation sites excluding steroid dienone is 2. The molecule has 1 nitrogen and oxygen atoms in total. The standard InChI is InChI=1S/C27H34F2O/c1-3-7-20-10-12-21(13-11-20)8-5-6-9-22-14-16-23(17-15-22)24-18-19-25(30-4-2)27(29)26(24)28/h5,8,14-21H,3-4,6-7,9-13H2,1-2H3/b8-5+. The van der Waals surface area contributed by atoms with Gasteiger partial charge in [-0.05, 0) is 80.5 Å². The van der Waals surface area contributed by atoms with Crippen LogP contribution in [0, 0.1) is 23.5 Å². The van der Waals surface area contributed by atoms with Gasteiger partial charge in [0.1, 0.15) is 0 Å². The molecule has 2 aromatic carbocycles. The summed E-state index contributed by atoms with van der Waals surface area (Å²) in [5, 5.41) is 0. The topological polar surface area (TPSA) is 9.23 Å². The number of ether oxygens (including phenoxy) is 1. The zero-order chi connectivity index (χ0) is 21.3. The third kappa shape index (κ3) is 5.93. The van der Waals surface area contributed by atoms with Crippen LogP contribution in [-0.4, -0.2) is 6.61 Å². The fourth-order valence-corrected chi connectivity index (χ4v) is 4.49. The first-order valence-electron chi connectivity index (χ1n) is 11.5. The lowest BCUT2D eigenvalue weighted by Crippen LogP contribution is -2.12. The Bertz CT molecular complexity index is 818. The third-order valence-corrected chi connectivity index (χ3v) is 6.21. The quantitative estimate of drug-likeness (QED) is 0.378. The highest BCUT2D eigenvalue weighted by Crippen LogP contribution is 2.32. The zero-order valence-electron chi connectivity index (χ0n) is 18.3. The Labute approximate surface area is 180 Å². The lowest BCUT2D eigenvalue weighted by Gasteiger charge is -2.26. The maximum Gasteiger partial charge on any atom is 0.201 e. The van der Waals surface area contributed by atoms with Crippen LogP contribution in [0.3, 0.4) is 0 Å². The summed E-state index contributed by atoms with van der Waals surface area (Å²) in [6.07, 6.45) is 14.8. The number of aryl methyl sites for hydroxylation is 1. The van der Waals surface area contributed by atoms with Gasteiger partial charge in [-0.15, -0.1) is 0 Å². The van der Waals surface area contributed by atoms with E-state index in [1.54, 1.807) is 13.0 Å². The summed E-state index contributed by atoms with van der Waals surface area (Å²) in [6.45, 7) is 4.33. The van der Waals surface area contributed by atoms with Crippen molar-refractivity contribution in [3.8, 4) is 16.9 Å². The van der Waals surface area contributed by atoms with Crippen LogP contribution >= 0.6 is 0 Å². The molecule has 3 heteroatoms. The summed E-state index contributed by atoms with van der Waals surface area (Å²) < 4.78 is 33.6. The first kappa shape index (κ1) is 22.5. The summed E-state index contributed by atoms with van der Waals surface area (Å²) in [5.41, 5.74) is 2.15. The van der Waals surface area contributed by atoms with Crippen molar-refractivity contribution >= 4 is 0 Å². The molecule has 1 aliphatic carbocycles. The molecule has 0 N–H and O–H groups in total. The van der Waals surface area contributed by atoms with E-state index in [1.165, 1.54) is 50.2 Å². The summed E-state index contributed by atoms with van der Waals surface area (Å²) >= 11 is 0. The first-order chi connectivity index (χ1) is 14.6. The molecule has 0 amide bonds. The van der Waals surface area contributed by atoms with Crippen molar-refractivity contribution in [2.45, 2.75) is 65.2 Å². The van der Waals surface area contributed by atoms with E-state index in [1.807, 2.05) is 24.3 Å². The molecule has 0 saturated heterocycles. The van der Waals surface area contributed by atoms with Gasteiger partial charge in [0.2, 0.25) is 5.82 Å². The largest absolute Gasteiger partial charge is 0.491 e. The van der Waals surface area contributed by atoms with Gasteiger partial charge in [-0.1, -0.05) is 56.2 Å². The van der Waals surface area contributed by atoms with Crippen LogP contribution in [0.15, 0.2) is 48.6 Å². The number of halogens is 2. The van der Waals surface area contributed by atoms with E-state index in [0.29, 0.717) is 12.2 Å². The SMILES string of the molecule is CCCC1CCC(/C=C/CCc2ccc(-c3ccc(OCC)c(F)c3F)cc2)CC1. The highest BCUT2D eigenvalue weighted by molar-refractivity contribution is 5.65. The number of rotatable bonds is 9. The second kappa shape index (κ2) is 11.3. The van der Waals surface area contributed by atoms with Crippen LogP contribution in [0.4, 0.5) is 8.78 Å². The molecule has 0 atom stereocenters. The van der Waals surface area contributed by atoms with Gasteiger partial charge in [-0.2, -0.15) is 4.39 Å². The Morgan fingerprint density at radius 2 is 1.67 bits per heavy atom. The first-order valence-corrected chi connectivity index (χ1v) is 11.5. The van der Waals surface area contributed by atoms with Crippen molar-refractivity contribution in [1.29, 1.82) is 0 Å². The van der Waals surface area contributed by atoms with Crippen LogP contribution in [0.5, 0.6) is 5.75 Å². The molecule has 0 aromatic heterocycles. The smallest absolute Gasteiger partial charge is 0.201 e. The molecule has 0 bridgehead atoms. The van der Waals surface area contributed by atoms with Gasteiger partial charge in [-0.3, -0.25) is 0 Å². The Balaban J connectivity index is 1.51. The molecule has 0 radical (unpaired) electrons. The summed E-state index contributed by atoms with van der Waals surface area (Å²) in [5.74, 6) is -0.122. The Morgan fingerprint density at radius 1 is 0.933 bits per heavy atom. The van der Waals surface area contributed by atoms with Crippen molar-refractivity contribution in [2.75, 3.05) is 6.61 Å². The second-order valence-corrected chi connectivity index (χ2v) is 8.41. The summed E-state index contributed by atoms with van der Waals surface area (Å²) in [7, 11) is 0. The summed E-state index contributed by atoms with van der Waals surface area (Å²) in [6, 6.07) is 10.8. The second-order valence-electron chi connectivity index (χ2n) is 8.41. The van der Waals surface area contributed by atoms with E-state index < -0.39 is 11.6 Å². The summed E-state index contributed by atoms with van der Waals surface area (Å²) in [4.78, 5) is 0. The van der Waals surface area contributed by atoms with E-state index in [0.717, 1.165) is 24.7 Å². The Kier molecular flexibility index (Phi) is 8.48. The lowest BCUT2D eigenvalue weighted by molar-refractivity contribution is 0.294. The van der Waals surface area contributed by atoms with Gasteiger partial charge < -0.3 is 4.74 Å². The number of benzene rings is 2. The molecule has 1 aliphatic rings. The van der Waals surface area contributed by atoms with Crippen LogP contribution in [-0.2, 0) is 6.42 Å². The van der Waals surface area contributed by atoms with Crippen LogP contribution < -0.4 is 4.74 Å². The van der Waals surface area contributed by atoms with E-state index in [2.05, 4.69) is 19.1 Å². The van der Waals surface area contributed by atoms with Crippen LogP contribution in [0.2, 0.25) is 0 Å². The van der Waals surface area contributed by atoms with Gasteiger partial charge in [0.15, 0.2) is 11.6 Å². The van der Waals surface area contributed by atoms with Crippen LogP contribution in [0.1, 0.15) is 64.4 Å². The molecule has 0 spiro atoms. The average molecular weight is 413 g/mol. The third-order valence-electron chi connectivity index (χ3n) is 6.21. The molecule has 3 rings (SSSR count). The van der Waals surface area contributed by atoms with E-state index in [-0.39, 0.29) is 11.3 Å². The molecule has 1 saturated carbocycles. The molecular weight excluding hydrogens is 378 g/mol. The van der Waals surface area contributed by atoms with Gasteiger partial charge in [-0.25, -0.2) is 4.39 Å². The molecule has 162 valence electrons. The molecule has 0 aliphatic heterocycles. The van der Waals surface area contributed by atoms with Crippen LogP contribution in [0.25, 0.3) is 11.1 Å². The predicted molar refractivity (Wildman–Crippen MR) is 121 cm³/mol. The Morgan fingerprint density at radius 3 is 2.33 bits per heavy atom. The minimum Gasteiger partial charge on any atom is -0.491 e. The van der Waals surface area contributed by atoms with Gasteiger partial charge in [0, 0.05) is 5.56 Å². The fourth-order valence-electron chi connectivity index (χ4n) is 4.49. The molecule has 2 aromatic rings. The normalized spacial score (nSPS) is 19.3. The van der Waals surface area contributed by atoms with Crippen molar-refractivity contribution in [3.63, 3.8) is 0 Å². The highest BCUT2D eigenvalue weighted by atomic mass is 19.2. The fraction of sp³-hybridized carbons (Fsp3) is 0.481. The minimum atomic E-state index is -0.924. The van der Waals surface area contributed by atoms with Gasteiger partial charge in [0.05, 0.1) is 6.61 Å². The van der Waals surface area contributed by atoms with E-state index >= 15 is 0 Å². The highest BCUT2D eigenvalue weighted by Gasteiger charge is 2.18. The predicted octanol–water partition coefficient (Wildman–Crippen LogP) is 8.13. The monoisotopic (exact) mass is 412 g/mol. The Hall–Kier alpha value is -2.16. The average Bonchev–Trinajstić information content (AvgIpc) is 2.77. The van der Waals surface area contributed by atoms with Crippen molar-refractivity contribution in [3.05, 3.63) is 65.7 Å². The number of hydrogen-bond acceptors (Lipinski definition) is 1. The van der Waals surface area contributed by atoms with E-state index in [9.17, 15) is 8.78 Å². The van der Waals surface area contributed by atoms with Crippen molar-refractivity contribution in [2.24, 2.45) is 11.8 Å². The maximum absolute atomic E-state index is 14.4. The molecule has 0 heterocycles. The molecule has 1 fully saturated rings. The van der Waals surface area contributed by atoms with Gasteiger partial charge in [0.25, 0.3) is 0 Å². The molecule has 30 heavy (non-hydrogen) atoms. The number of hydrogen-bond donors (Lipinski definition) is 0. The lowest BCUT2D eigenvalue weighted by atomic mass is 9.80. The van der Waals surface area contributed by atoms with Gasteiger partial charge >= 0.3 is 0 Å². The van der Waals surface area contributed by atoms with Crippen molar-refractivity contribution < 1.29 is 13.5 Å². The zero-order valence-corrected chi connectivity index (χ0v) is 18.3. The minimum absolute atomic E-state index is 0.0407.